The highest BCUT2D eigenvalue weighted by atomic mass is 16.5. The molecule has 116 valence electrons. The molecule has 1 atom stereocenters. The Morgan fingerprint density at radius 1 is 1.36 bits per heavy atom. The number of fused-ring (bicyclic) bond motifs is 1. The van der Waals surface area contributed by atoms with Crippen LogP contribution in [0.1, 0.15) is 37.2 Å². The zero-order valence-electron chi connectivity index (χ0n) is 12.8. The van der Waals surface area contributed by atoms with Crippen molar-refractivity contribution in [1.29, 1.82) is 0 Å². The van der Waals surface area contributed by atoms with E-state index >= 15 is 0 Å². The van der Waals surface area contributed by atoms with Crippen molar-refractivity contribution in [3.8, 4) is 11.5 Å². The second-order valence-electron chi connectivity index (χ2n) is 4.92. The first-order valence-corrected chi connectivity index (χ1v) is 7.18. The van der Waals surface area contributed by atoms with Crippen LogP contribution in [-0.2, 0) is 4.74 Å². The van der Waals surface area contributed by atoms with E-state index in [2.05, 4.69) is 10.1 Å². The van der Waals surface area contributed by atoms with Crippen LogP contribution in [-0.4, -0.2) is 30.5 Å². The first-order valence-electron chi connectivity index (χ1n) is 7.18. The molecule has 1 aromatic carbocycles. The van der Waals surface area contributed by atoms with E-state index in [9.17, 15) is 0 Å². The maximum atomic E-state index is 5.72. The molecule has 0 bridgehead atoms. The van der Waals surface area contributed by atoms with E-state index in [1.807, 2.05) is 38.1 Å². The Kier molecular flexibility index (Phi) is 4.11. The van der Waals surface area contributed by atoms with Crippen LogP contribution in [0.4, 0.5) is 0 Å². The second kappa shape index (κ2) is 6.19. The van der Waals surface area contributed by atoms with E-state index in [0.717, 1.165) is 22.6 Å². The lowest BCUT2D eigenvalue weighted by atomic mass is 10.1. The van der Waals surface area contributed by atoms with Crippen molar-refractivity contribution in [1.82, 2.24) is 10.1 Å². The second-order valence-corrected chi connectivity index (χ2v) is 4.92. The van der Waals surface area contributed by atoms with Crippen LogP contribution in [0.3, 0.4) is 0 Å². The lowest BCUT2D eigenvalue weighted by molar-refractivity contribution is 0.0683. The number of hydrogen-bond acceptors (Lipinski definition) is 6. The summed E-state index contributed by atoms with van der Waals surface area (Å²) in [6.07, 6.45) is 1.78. The zero-order valence-corrected chi connectivity index (χ0v) is 12.8. The van der Waals surface area contributed by atoms with Crippen molar-refractivity contribution in [2.24, 2.45) is 0 Å². The number of nitrogens with zero attached hydrogens (tertiary/aromatic N) is 2. The van der Waals surface area contributed by atoms with Crippen LogP contribution < -0.4 is 9.47 Å². The van der Waals surface area contributed by atoms with Gasteiger partial charge in [-0.2, -0.15) is 4.98 Å². The van der Waals surface area contributed by atoms with Crippen LogP contribution in [0.2, 0.25) is 0 Å². The van der Waals surface area contributed by atoms with E-state index in [0.29, 0.717) is 24.9 Å². The van der Waals surface area contributed by atoms with Crippen LogP contribution in [0.25, 0.3) is 11.6 Å². The average Bonchev–Trinajstić information content (AvgIpc) is 3.04. The number of methoxy groups -OCH3 is 1. The van der Waals surface area contributed by atoms with E-state index in [1.54, 1.807) is 7.11 Å². The van der Waals surface area contributed by atoms with Gasteiger partial charge in [-0.15, -0.1) is 0 Å². The lowest BCUT2D eigenvalue weighted by Gasteiger charge is -2.16. The minimum absolute atomic E-state index is 0.194. The predicted octanol–water partition coefficient (Wildman–Crippen LogP) is 3.11. The fourth-order valence-electron chi connectivity index (χ4n) is 2.26. The minimum atomic E-state index is -0.194. The van der Waals surface area contributed by atoms with Gasteiger partial charge in [0.1, 0.15) is 24.2 Å². The molecule has 22 heavy (non-hydrogen) atoms. The largest absolute Gasteiger partial charge is 0.497 e. The molecule has 1 aliphatic heterocycles. The Morgan fingerprint density at radius 2 is 2.23 bits per heavy atom. The first kappa shape index (κ1) is 14.6. The molecule has 2 heterocycles. The van der Waals surface area contributed by atoms with Gasteiger partial charge in [0.2, 0.25) is 5.82 Å². The summed E-state index contributed by atoms with van der Waals surface area (Å²) in [6, 6.07) is 5.67. The predicted molar refractivity (Wildman–Crippen MR) is 80.7 cm³/mol. The summed E-state index contributed by atoms with van der Waals surface area (Å²) in [5.41, 5.74) is 1.77. The Bertz CT molecular complexity index is 693. The van der Waals surface area contributed by atoms with E-state index in [1.165, 1.54) is 0 Å². The average molecular weight is 302 g/mol. The van der Waals surface area contributed by atoms with Crippen LogP contribution in [0.5, 0.6) is 11.5 Å². The van der Waals surface area contributed by atoms with Crippen molar-refractivity contribution >= 4 is 11.6 Å². The molecule has 2 aromatic rings. The number of rotatable bonds is 5. The van der Waals surface area contributed by atoms with Crippen molar-refractivity contribution in [2.45, 2.75) is 20.0 Å². The summed E-state index contributed by atoms with van der Waals surface area (Å²) in [7, 11) is 1.63. The molecule has 0 spiro atoms. The van der Waals surface area contributed by atoms with Gasteiger partial charge >= 0.3 is 0 Å². The summed E-state index contributed by atoms with van der Waals surface area (Å²) in [4.78, 5) is 4.39. The Morgan fingerprint density at radius 3 is 3.00 bits per heavy atom. The van der Waals surface area contributed by atoms with E-state index < -0.39 is 0 Å². The Hall–Kier alpha value is -2.34. The molecule has 0 N–H and O–H groups in total. The molecule has 0 aliphatic carbocycles. The molecule has 0 radical (unpaired) electrons. The van der Waals surface area contributed by atoms with Gasteiger partial charge in [0.15, 0.2) is 0 Å². The minimum Gasteiger partial charge on any atom is -0.497 e. The van der Waals surface area contributed by atoms with Crippen molar-refractivity contribution in [3.63, 3.8) is 0 Å². The molecule has 0 saturated heterocycles. The fourth-order valence-corrected chi connectivity index (χ4v) is 2.26. The van der Waals surface area contributed by atoms with Crippen LogP contribution >= 0.6 is 0 Å². The maximum absolute atomic E-state index is 5.72. The molecule has 0 saturated carbocycles. The van der Waals surface area contributed by atoms with E-state index in [4.69, 9.17) is 18.7 Å². The summed E-state index contributed by atoms with van der Waals surface area (Å²) in [6.45, 7) is 4.82. The quantitative estimate of drug-likeness (QED) is 0.845. The third-order valence-corrected chi connectivity index (χ3v) is 3.43. The molecule has 0 amide bonds. The zero-order chi connectivity index (χ0) is 15.5. The van der Waals surface area contributed by atoms with Gasteiger partial charge in [0, 0.05) is 12.2 Å². The molecule has 6 heteroatoms. The third kappa shape index (κ3) is 2.82. The molecule has 0 unspecified atom stereocenters. The van der Waals surface area contributed by atoms with Crippen molar-refractivity contribution < 1.29 is 18.7 Å². The molecule has 3 rings (SSSR count). The summed E-state index contributed by atoms with van der Waals surface area (Å²) >= 11 is 0. The van der Waals surface area contributed by atoms with Crippen LogP contribution in [0.15, 0.2) is 22.7 Å². The van der Waals surface area contributed by atoms with E-state index in [-0.39, 0.29) is 6.10 Å². The first-order chi connectivity index (χ1) is 10.7. The Balaban J connectivity index is 1.87. The third-order valence-electron chi connectivity index (χ3n) is 3.43. The highest BCUT2D eigenvalue weighted by Gasteiger charge is 2.20. The molecule has 0 fully saturated rings. The fraction of sp³-hybridized carbons (Fsp3) is 0.375. The number of ether oxygens (including phenoxy) is 3. The highest BCUT2D eigenvalue weighted by Crippen LogP contribution is 2.32. The Labute approximate surface area is 128 Å². The number of benzene rings is 1. The van der Waals surface area contributed by atoms with Gasteiger partial charge in [-0.1, -0.05) is 5.16 Å². The standard InChI is InChI=1S/C16H18N2O4/c1-4-20-10(2)15-17-16(22-18-15)12-7-11-8-13(19-3)5-6-14(11)21-9-12/h5-8,10H,4,9H2,1-3H3/t10-/m0/s1. The normalized spacial score (nSPS) is 14.8. The van der Waals surface area contributed by atoms with Crippen molar-refractivity contribution in [2.75, 3.05) is 20.3 Å². The molecule has 6 nitrogen and oxygen atoms in total. The van der Waals surface area contributed by atoms with Crippen LogP contribution in [0, 0.1) is 0 Å². The topological polar surface area (TPSA) is 66.6 Å². The monoisotopic (exact) mass is 302 g/mol. The molecule has 1 aliphatic rings. The number of hydrogen-bond donors (Lipinski definition) is 0. The van der Waals surface area contributed by atoms with Gasteiger partial charge in [0.25, 0.3) is 5.89 Å². The van der Waals surface area contributed by atoms with Crippen molar-refractivity contribution in [3.05, 3.63) is 35.5 Å². The number of aromatic nitrogens is 2. The highest BCUT2D eigenvalue weighted by molar-refractivity contribution is 5.83. The lowest BCUT2D eigenvalue weighted by Crippen LogP contribution is -2.07. The smallest absolute Gasteiger partial charge is 0.257 e. The molecule has 1 aromatic heterocycles. The van der Waals surface area contributed by atoms with Gasteiger partial charge in [-0.05, 0) is 38.1 Å². The SMILES string of the molecule is CCO[C@@H](C)c1noc(C2=Cc3cc(OC)ccc3OC2)n1. The van der Waals surface area contributed by atoms with Gasteiger partial charge < -0.3 is 18.7 Å². The summed E-state index contributed by atoms with van der Waals surface area (Å²) < 4.78 is 21.7. The summed E-state index contributed by atoms with van der Waals surface area (Å²) in [5, 5.41) is 3.97. The van der Waals surface area contributed by atoms with Gasteiger partial charge in [0.05, 0.1) is 12.7 Å². The van der Waals surface area contributed by atoms with Gasteiger partial charge in [-0.25, -0.2) is 0 Å². The molecular weight excluding hydrogens is 284 g/mol. The maximum Gasteiger partial charge on any atom is 0.257 e. The molecular formula is C16H18N2O4. The summed E-state index contributed by atoms with van der Waals surface area (Å²) in [5.74, 6) is 2.58. The van der Waals surface area contributed by atoms with Gasteiger partial charge in [-0.3, -0.25) is 0 Å².